The summed E-state index contributed by atoms with van der Waals surface area (Å²) < 4.78 is 14.5. The van der Waals surface area contributed by atoms with Gasteiger partial charge in [-0.25, -0.2) is 9.87 Å². The number of halogens is 1. The fourth-order valence-electron chi connectivity index (χ4n) is 3.17. The third-order valence-electron chi connectivity index (χ3n) is 4.95. The van der Waals surface area contributed by atoms with E-state index in [1.54, 1.807) is 24.7 Å². The van der Waals surface area contributed by atoms with Crippen molar-refractivity contribution >= 4 is 5.91 Å². The number of aryl methyl sites for hydroxylation is 1. The highest BCUT2D eigenvalue weighted by Crippen LogP contribution is 2.23. The summed E-state index contributed by atoms with van der Waals surface area (Å²) in [7, 11) is 0. The maximum Gasteiger partial charge on any atom is 0.251 e. The zero-order valence-electron chi connectivity index (χ0n) is 16.3. The molecule has 0 radical (unpaired) electrons. The van der Waals surface area contributed by atoms with E-state index in [2.05, 4.69) is 10.2 Å². The molecule has 0 aliphatic carbocycles. The first kappa shape index (κ1) is 21.3. The molecule has 2 atom stereocenters. The van der Waals surface area contributed by atoms with Crippen molar-refractivity contribution in [1.29, 1.82) is 0 Å². The Kier molecular flexibility index (Phi) is 6.38. The number of benzene rings is 1. The third kappa shape index (κ3) is 4.61. The monoisotopic (exact) mass is 415 g/mol. The van der Waals surface area contributed by atoms with Gasteiger partial charge >= 0.3 is 0 Å². The minimum atomic E-state index is -1.96. The number of carbonyl (C=O) groups excluding carboxylic acids is 1. The number of aliphatic hydroxyl groups is 1. The maximum atomic E-state index is 13.1. The van der Waals surface area contributed by atoms with E-state index < -0.39 is 24.1 Å². The van der Waals surface area contributed by atoms with E-state index in [0.29, 0.717) is 5.56 Å². The molecule has 1 aromatic carbocycles. The number of hydrogen-bond donors (Lipinski definition) is 3. The SMILES string of the molecule is CC(O)(CF)C(CCn1ccc(-c2ccc(-n3nccn3)cc2)cc1=O)C(=O)NO. The highest BCUT2D eigenvalue weighted by atomic mass is 19.1. The Morgan fingerprint density at radius 3 is 2.43 bits per heavy atom. The minimum absolute atomic E-state index is 0.0336. The second kappa shape index (κ2) is 8.97. The maximum absolute atomic E-state index is 13.1. The van der Waals surface area contributed by atoms with Crippen LogP contribution in [0.15, 0.2) is 59.8 Å². The number of pyridine rings is 1. The largest absolute Gasteiger partial charge is 0.387 e. The lowest BCUT2D eigenvalue weighted by molar-refractivity contribution is -0.144. The first-order valence-electron chi connectivity index (χ1n) is 9.25. The lowest BCUT2D eigenvalue weighted by Gasteiger charge is -2.28. The highest BCUT2D eigenvalue weighted by Gasteiger charge is 2.37. The van der Waals surface area contributed by atoms with Crippen LogP contribution in [0.3, 0.4) is 0 Å². The van der Waals surface area contributed by atoms with Crippen LogP contribution < -0.4 is 11.0 Å². The van der Waals surface area contributed by atoms with E-state index in [9.17, 15) is 19.1 Å². The van der Waals surface area contributed by atoms with Gasteiger partial charge in [0.05, 0.1) is 24.0 Å². The van der Waals surface area contributed by atoms with Crippen molar-refractivity contribution in [1.82, 2.24) is 25.0 Å². The Bertz CT molecular complexity index is 1050. The van der Waals surface area contributed by atoms with Crippen LogP contribution in [-0.2, 0) is 11.3 Å². The molecule has 30 heavy (non-hydrogen) atoms. The Hall–Kier alpha value is -3.37. The number of hydroxylamine groups is 1. The predicted molar refractivity (Wildman–Crippen MR) is 106 cm³/mol. The molecule has 1 amide bonds. The average Bonchev–Trinajstić information content (AvgIpc) is 3.29. The molecule has 0 saturated carbocycles. The van der Waals surface area contributed by atoms with E-state index in [-0.39, 0.29) is 18.5 Å². The van der Waals surface area contributed by atoms with Crippen molar-refractivity contribution in [3.05, 3.63) is 65.3 Å². The second-order valence-electron chi connectivity index (χ2n) is 7.12. The van der Waals surface area contributed by atoms with Crippen LogP contribution in [0, 0.1) is 5.92 Å². The summed E-state index contributed by atoms with van der Waals surface area (Å²) in [5, 5.41) is 27.0. The van der Waals surface area contributed by atoms with Crippen LogP contribution in [-0.4, -0.2) is 48.1 Å². The molecule has 3 aromatic rings. The van der Waals surface area contributed by atoms with Crippen molar-refractivity contribution in [3.63, 3.8) is 0 Å². The summed E-state index contributed by atoms with van der Waals surface area (Å²) in [5.74, 6) is -2.13. The Labute approximate surface area is 171 Å². The molecule has 3 N–H and O–H groups in total. The van der Waals surface area contributed by atoms with Crippen LogP contribution in [0.4, 0.5) is 4.39 Å². The molecule has 0 fully saturated rings. The molecule has 2 heterocycles. The molecule has 158 valence electrons. The summed E-state index contributed by atoms with van der Waals surface area (Å²) in [6.45, 7) is 0.0709. The summed E-state index contributed by atoms with van der Waals surface area (Å²) in [5.41, 5.74) is 1.48. The van der Waals surface area contributed by atoms with Crippen molar-refractivity contribution in [2.24, 2.45) is 5.92 Å². The molecule has 0 bridgehead atoms. The number of carbonyl (C=O) groups is 1. The molecule has 2 aromatic heterocycles. The van der Waals surface area contributed by atoms with Gasteiger partial charge in [0.2, 0.25) is 5.91 Å². The van der Waals surface area contributed by atoms with Gasteiger partial charge in [-0.15, -0.1) is 0 Å². The lowest BCUT2D eigenvalue weighted by atomic mass is 9.86. The molecule has 0 spiro atoms. The fraction of sp³-hybridized carbons (Fsp3) is 0.300. The summed E-state index contributed by atoms with van der Waals surface area (Å²) in [6, 6.07) is 10.6. The third-order valence-corrected chi connectivity index (χ3v) is 4.95. The standard InChI is InChI=1S/C20H22FN5O4/c1-20(29,13-21)17(19(28)24-30)7-11-25-10-6-15(12-18(25)27)14-2-4-16(5-3-14)26-22-8-9-23-26/h2-6,8-10,12,17,29-30H,7,11,13H2,1H3,(H,24,28). The number of amides is 1. The number of aromatic nitrogens is 4. The zero-order valence-corrected chi connectivity index (χ0v) is 16.3. The van der Waals surface area contributed by atoms with Crippen LogP contribution in [0.25, 0.3) is 16.8 Å². The molecule has 10 heteroatoms. The topological polar surface area (TPSA) is 122 Å². The number of nitrogens with zero attached hydrogens (tertiary/aromatic N) is 4. The van der Waals surface area contributed by atoms with Crippen molar-refractivity contribution in [2.45, 2.75) is 25.5 Å². The smallest absolute Gasteiger partial charge is 0.251 e. The zero-order chi connectivity index (χ0) is 21.7. The van der Waals surface area contributed by atoms with Crippen molar-refractivity contribution in [2.75, 3.05) is 6.67 Å². The lowest BCUT2D eigenvalue weighted by Crippen LogP contribution is -2.46. The van der Waals surface area contributed by atoms with Gasteiger partial charge < -0.3 is 9.67 Å². The number of rotatable bonds is 8. The van der Waals surface area contributed by atoms with E-state index >= 15 is 0 Å². The summed E-state index contributed by atoms with van der Waals surface area (Å²) in [6.07, 6.45) is 4.69. The number of hydrogen-bond acceptors (Lipinski definition) is 6. The molecule has 9 nitrogen and oxygen atoms in total. The Morgan fingerprint density at radius 1 is 1.20 bits per heavy atom. The second-order valence-corrected chi connectivity index (χ2v) is 7.12. The molecule has 3 rings (SSSR count). The highest BCUT2D eigenvalue weighted by molar-refractivity contribution is 5.78. The normalized spacial score (nSPS) is 14.1. The van der Waals surface area contributed by atoms with E-state index in [4.69, 9.17) is 5.21 Å². The van der Waals surface area contributed by atoms with Gasteiger partial charge in [-0.1, -0.05) is 12.1 Å². The van der Waals surface area contributed by atoms with E-state index in [0.717, 1.165) is 11.3 Å². The van der Waals surface area contributed by atoms with Gasteiger partial charge in [-0.2, -0.15) is 15.0 Å². The predicted octanol–water partition coefficient (Wildman–Crippen LogP) is 1.33. The first-order chi connectivity index (χ1) is 14.4. The average molecular weight is 415 g/mol. The van der Waals surface area contributed by atoms with Crippen LogP contribution in [0.1, 0.15) is 13.3 Å². The molecule has 2 unspecified atom stereocenters. The van der Waals surface area contributed by atoms with E-state index in [1.807, 2.05) is 24.3 Å². The summed E-state index contributed by atoms with van der Waals surface area (Å²) in [4.78, 5) is 25.8. The molecular weight excluding hydrogens is 393 g/mol. The summed E-state index contributed by atoms with van der Waals surface area (Å²) >= 11 is 0. The van der Waals surface area contributed by atoms with Crippen LogP contribution >= 0.6 is 0 Å². The van der Waals surface area contributed by atoms with Gasteiger partial charge in [0.15, 0.2) is 0 Å². The molecule has 0 aliphatic rings. The van der Waals surface area contributed by atoms with Gasteiger partial charge in [-0.3, -0.25) is 14.8 Å². The van der Waals surface area contributed by atoms with Crippen LogP contribution in [0.5, 0.6) is 0 Å². The van der Waals surface area contributed by atoms with Gasteiger partial charge in [0.1, 0.15) is 12.3 Å². The van der Waals surface area contributed by atoms with Crippen LogP contribution in [0.2, 0.25) is 0 Å². The Balaban J connectivity index is 1.75. The van der Waals surface area contributed by atoms with Crippen molar-refractivity contribution < 1.29 is 19.5 Å². The molecule has 0 saturated heterocycles. The molecular formula is C20H22FN5O4. The Morgan fingerprint density at radius 2 is 1.87 bits per heavy atom. The number of nitrogens with one attached hydrogen (secondary N) is 1. The van der Waals surface area contributed by atoms with Gasteiger partial charge in [-0.05, 0) is 42.7 Å². The minimum Gasteiger partial charge on any atom is -0.387 e. The van der Waals surface area contributed by atoms with Gasteiger partial charge in [0.25, 0.3) is 5.56 Å². The van der Waals surface area contributed by atoms with Gasteiger partial charge in [0, 0.05) is 18.8 Å². The van der Waals surface area contributed by atoms with Crippen molar-refractivity contribution in [3.8, 4) is 16.8 Å². The number of alkyl halides is 1. The quantitative estimate of drug-likeness (QED) is 0.377. The fourth-order valence-corrected chi connectivity index (χ4v) is 3.17. The first-order valence-corrected chi connectivity index (χ1v) is 9.25. The van der Waals surface area contributed by atoms with E-state index in [1.165, 1.54) is 27.8 Å². The molecule has 0 aliphatic heterocycles.